The summed E-state index contributed by atoms with van der Waals surface area (Å²) in [5.41, 5.74) is 1.89. The Hall–Kier alpha value is -2.26. The van der Waals surface area contributed by atoms with E-state index in [4.69, 9.17) is 0 Å². The van der Waals surface area contributed by atoms with Gasteiger partial charge in [-0.2, -0.15) is 17.0 Å². The number of rotatable bonds is 2. The number of carboxylic acids is 1. The molecule has 1 saturated heterocycles. The standard InChI is InChI=1S/C15H13N3O2S/c16-7-10-8-17-12-4-2-1-3-11(12)14(10)18-5-6-21-9-13(18)15(19)20/h1-4,8,13H,5-6,9H2,(H,19,20). The predicted octanol–water partition coefficient (Wildman–Crippen LogP) is 2.11. The van der Waals surface area contributed by atoms with Crippen molar-refractivity contribution in [1.82, 2.24) is 4.98 Å². The van der Waals surface area contributed by atoms with E-state index in [1.807, 2.05) is 29.2 Å². The number of nitrogens with zero attached hydrogens (tertiary/aromatic N) is 3. The summed E-state index contributed by atoms with van der Waals surface area (Å²) in [5.74, 6) is 0.522. The molecule has 106 valence electrons. The molecule has 1 unspecified atom stereocenters. The van der Waals surface area contributed by atoms with Crippen molar-refractivity contribution in [2.24, 2.45) is 0 Å². The van der Waals surface area contributed by atoms with Gasteiger partial charge in [-0.3, -0.25) is 4.98 Å². The Kier molecular flexibility index (Phi) is 3.67. The fraction of sp³-hybridized carbons (Fsp3) is 0.267. The van der Waals surface area contributed by atoms with Gasteiger partial charge in [0.1, 0.15) is 12.1 Å². The van der Waals surface area contributed by atoms with Crippen molar-refractivity contribution in [2.75, 3.05) is 23.0 Å². The highest BCUT2D eigenvalue weighted by molar-refractivity contribution is 7.99. The fourth-order valence-corrected chi connectivity index (χ4v) is 3.63. The maximum absolute atomic E-state index is 11.5. The van der Waals surface area contributed by atoms with Gasteiger partial charge in [-0.05, 0) is 6.07 Å². The lowest BCUT2D eigenvalue weighted by Crippen LogP contribution is -2.47. The van der Waals surface area contributed by atoms with Gasteiger partial charge in [0.25, 0.3) is 0 Å². The monoisotopic (exact) mass is 299 g/mol. The van der Waals surface area contributed by atoms with Crippen LogP contribution in [0.15, 0.2) is 30.5 Å². The van der Waals surface area contributed by atoms with Gasteiger partial charge >= 0.3 is 5.97 Å². The van der Waals surface area contributed by atoms with Gasteiger partial charge in [0.15, 0.2) is 0 Å². The number of fused-ring (bicyclic) bond motifs is 1. The van der Waals surface area contributed by atoms with Crippen LogP contribution in [0.5, 0.6) is 0 Å². The van der Waals surface area contributed by atoms with Crippen molar-refractivity contribution in [3.05, 3.63) is 36.0 Å². The topological polar surface area (TPSA) is 77.2 Å². The van der Waals surface area contributed by atoms with Crippen LogP contribution in [-0.4, -0.2) is 40.2 Å². The lowest BCUT2D eigenvalue weighted by Gasteiger charge is -2.35. The third kappa shape index (κ3) is 2.41. The molecule has 0 aliphatic carbocycles. The third-order valence-corrected chi connectivity index (χ3v) is 4.59. The highest BCUT2D eigenvalue weighted by Gasteiger charge is 2.31. The summed E-state index contributed by atoms with van der Waals surface area (Å²) >= 11 is 1.63. The number of pyridine rings is 1. The molecule has 21 heavy (non-hydrogen) atoms. The first-order chi connectivity index (χ1) is 10.2. The molecule has 1 aromatic carbocycles. The van der Waals surface area contributed by atoms with Gasteiger partial charge < -0.3 is 10.0 Å². The van der Waals surface area contributed by atoms with Crippen LogP contribution in [0.4, 0.5) is 5.69 Å². The number of para-hydroxylation sites is 1. The average Bonchev–Trinajstić information content (AvgIpc) is 2.53. The molecule has 1 fully saturated rings. The number of thioether (sulfide) groups is 1. The maximum atomic E-state index is 11.5. The molecule has 0 radical (unpaired) electrons. The Bertz CT molecular complexity index is 741. The van der Waals surface area contributed by atoms with Crippen molar-refractivity contribution in [1.29, 1.82) is 5.26 Å². The summed E-state index contributed by atoms with van der Waals surface area (Å²) in [6, 6.07) is 9.05. The second-order valence-electron chi connectivity index (χ2n) is 4.77. The van der Waals surface area contributed by atoms with Gasteiger partial charge in [-0.1, -0.05) is 18.2 Å². The van der Waals surface area contributed by atoms with Gasteiger partial charge in [-0.25, -0.2) is 4.79 Å². The Balaban J connectivity index is 2.22. The molecule has 2 heterocycles. The SMILES string of the molecule is N#Cc1cnc2ccccc2c1N1CCSCC1C(=O)O. The Morgan fingerprint density at radius 2 is 2.29 bits per heavy atom. The van der Waals surface area contributed by atoms with E-state index in [2.05, 4.69) is 11.1 Å². The van der Waals surface area contributed by atoms with E-state index in [9.17, 15) is 15.2 Å². The first kappa shape index (κ1) is 13.7. The van der Waals surface area contributed by atoms with Crippen LogP contribution in [0.1, 0.15) is 5.56 Å². The minimum atomic E-state index is -0.855. The van der Waals surface area contributed by atoms with Crippen LogP contribution in [0, 0.1) is 11.3 Å². The van der Waals surface area contributed by atoms with Crippen LogP contribution in [0.3, 0.4) is 0 Å². The summed E-state index contributed by atoms with van der Waals surface area (Å²) < 4.78 is 0. The molecule has 5 nitrogen and oxygen atoms in total. The second-order valence-corrected chi connectivity index (χ2v) is 5.92. The van der Waals surface area contributed by atoms with Gasteiger partial charge in [0.2, 0.25) is 0 Å². The minimum absolute atomic E-state index is 0.423. The van der Waals surface area contributed by atoms with E-state index in [-0.39, 0.29) is 0 Å². The summed E-state index contributed by atoms with van der Waals surface area (Å²) in [4.78, 5) is 17.6. The van der Waals surface area contributed by atoms with E-state index < -0.39 is 12.0 Å². The molecule has 1 atom stereocenters. The Morgan fingerprint density at radius 3 is 3.05 bits per heavy atom. The van der Waals surface area contributed by atoms with Crippen molar-refractivity contribution in [3.63, 3.8) is 0 Å². The van der Waals surface area contributed by atoms with Crippen LogP contribution >= 0.6 is 11.8 Å². The normalized spacial score (nSPS) is 18.4. The van der Waals surface area contributed by atoms with Crippen LogP contribution in [0.25, 0.3) is 10.9 Å². The number of aliphatic carboxylic acids is 1. The lowest BCUT2D eigenvalue weighted by atomic mass is 10.1. The number of hydrogen-bond acceptors (Lipinski definition) is 5. The highest BCUT2D eigenvalue weighted by atomic mass is 32.2. The smallest absolute Gasteiger partial charge is 0.327 e. The van der Waals surface area contributed by atoms with Gasteiger partial charge in [-0.15, -0.1) is 0 Å². The van der Waals surface area contributed by atoms with E-state index in [1.165, 1.54) is 6.20 Å². The minimum Gasteiger partial charge on any atom is -0.480 e. The molecule has 0 bridgehead atoms. The molecule has 1 N–H and O–H groups in total. The molecular weight excluding hydrogens is 286 g/mol. The van der Waals surface area contributed by atoms with Crippen molar-refractivity contribution < 1.29 is 9.90 Å². The van der Waals surface area contributed by atoms with Crippen LogP contribution < -0.4 is 4.90 Å². The third-order valence-electron chi connectivity index (χ3n) is 3.57. The number of anilines is 1. The zero-order chi connectivity index (χ0) is 14.8. The van der Waals surface area contributed by atoms with Crippen LogP contribution in [0.2, 0.25) is 0 Å². The molecule has 0 spiro atoms. The maximum Gasteiger partial charge on any atom is 0.327 e. The highest BCUT2D eigenvalue weighted by Crippen LogP contribution is 2.33. The van der Waals surface area contributed by atoms with Crippen LogP contribution in [-0.2, 0) is 4.79 Å². The Morgan fingerprint density at radius 1 is 1.48 bits per heavy atom. The van der Waals surface area contributed by atoms with E-state index in [0.29, 0.717) is 23.5 Å². The summed E-state index contributed by atoms with van der Waals surface area (Å²) in [5, 5.41) is 19.6. The molecule has 0 amide bonds. The number of carboxylic acid groups (broad SMARTS) is 1. The number of carbonyl (C=O) groups is 1. The molecule has 1 aliphatic heterocycles. The molecule has 0 saturated carbocycles. The summed E-state index contributed by atoms with van der Waals surface area (Å²) in [6.07, 6.45) is 1.53. The second kappa shape index (κ2) is 5.62. The first-order valence-electron chi connectivity index (χ1n) is 6.57. The molecule has 3 rings (SSSR count). The predicted molar refractivity (Wildman–Crippen MR) is 82.6 cm³/mol. The van der Waals surface area contributed by atoms with Gasteiger partial charge in [0, 0.05) is 29.6 Å². The number of benzene rings is 1. The summed E-state index contributed by atoms with van der Waals surface area (Å²) in [6.45, 7) is 0.615. The molecule has 1 aromatic heterocycles. The van der Waals surface area contributed by atoms with Crippen molar-refractivity contribution in [3.8, 4) is 6.07 Å². The van der Waals surface area contributed by atoms with E-state index in [1.54, 1.807) is 11.8 Å². The van der Waals surface area contributed by atoms with Crippen molar-refractivity contribution in [2.45, 2.75) is 6.04 Å². The van der Waals surface area contributed by atoms with E-state index in [0.717, 1.165) is 16.7 Å². The summed E-state index contributed by atoms with van der Waals surface area (Å²) in [7, 11) is 0. The molecule has 6 heteroatoms. The van der Waals surface area contributed by atoms with Gasteiger partial charge in [0.05, 0.1) is 16.8 Å². The number of hydrogen-bond donors (Lipinski definition) is 1. The first-order valence-corrected chi connectivity index (χ1v) is 7.73. The quantitative estimate of drug-likeness (QED) is 0.915. The van der Waals surface area contributed by atoms with E-state index >= 15 is 0 Å². The molecular formula is C15H13N3O2S. The largest absolute Gasteiger partial charge is 0.480 e. The number of nitriles is 1. The van der Waals surface area contributed by atoms with Crippen molar-refractivity contribution >= 4 is 34.3 Å². The molecule has 1 aliphatic rings. The number of aromatic nitrogens is 1. The zero-order valence-corrected chi connectivity index (χ0v) is 12.0. The average molecular weight is 299 g/mol. The molecule has 2 aromatic rings. The Labute approximate surface area is 126 Å². The fourth-order valence-electron chi connectivity index (χ4n) is 2.59. The lowest BCUT2D eigenvalue weighted by molar-refractivity contribution is -0.138. The zero-order valence-electron chi connectivity index (χ0n) is 11.2.